The van der Waals surface area contributed by atoms with E-state index in [0.29, 0.717) is 42.7 Å². The van der Waals surface area contributed by atoms with Crippen molar-refractivity contribution in [3.8, 4) is 11.4 Å². The molecule has 4 rings (SSSR count). The van der Waals surface area contributed by atoms with Gasteiger partial charge >= 0.3 is 6.18 Å². The van der Waals surface area contributed by atoms with E-state index in [0.717, 1.165) is 10.9 Å². The summed E-state index contributed by atoms with van der Waals surface area (Å²) in [6.45, 7) is 2.00. The van der Waals surface area contributed by atoms with Crippen molar-refractivity contribution in [2.24, 2.45) is 0 Å². The van der Waals surface area contributed by atoms with Gasteiger partial charge in [0.2, 0.25) is 0 Å². The predicted octanol–water partition coefficient (Wildman–Crippen LogP) is 4.89. The van der Waals surface area contributed by atoms with Crippen molar-refractivity contribution in [1.29, 1.82) is 0 Å². The Morgan fingerprint density at radius 1 is 1.14 bits per heavy atom. The van der Waals surface area contributed by atoms with E-state index in [-0.39, 0.29) is 17.2 Å². The number of aromatic nitrogens is 2. The van der Waals surface area contributed by atoms with Crippen LogP contribution in [0.15, 0.2) is 30.3 Å². The van der Waals surface area contributed by atoms with E-state index in [2.05, 4.69) is 14.9 Å². The van der Waals surface area contributed by atoms with Gasteiger partial charge in [-0.25, -0.2) is 14.4 Å². The van der Waals surface area contributed by atoms with E-state index in [1.165, 1.54) is 29.5 Å². The molecule has 0 radical (unpaired) electrons. The summed E-state index contributed by atoms with van der Waals surface area (Å²) in [5.74, 6) is 0.117. The minimum atomic E-state index is -4.51. The zero-order valence-corrected chi connectivity index (χ0v) is 15.7. The number of alkyl halides is 4. The van der Waals surface area contributed by atoms with Gasteiger partial charge in [0.25, 0.3) is 0 Å². The van der Waals surface area contributed by atoms with Gasteiger partial charge in [-0.15, -0.1) is 11.3 Å². The molecule has 0 spiro atoms. The summed E-state index contributed by atoms with van der Waals surface area (Å²) >= 11 is 1.38. The number of nitrogen functional groups attached to an aromatic ring is 1. The van der Waals surface area contributed by atoms with Crippen molar-refractivity contribution in [1.82, 2.24) is 14.9 Å². The summed E-state index contributed by atoms with van der Waals surface area (Å²) in [6.07, 6.45) is -4.21. The first kappa shape index (κ1) is 19.1. The fraction of sp³-hybridized carbons (Fsp3) is 0.368. The molecule has 0 saturated carbocycles. The van der Waals surface area contributed by atoms with Gasteiger partial charge in [-0.05, 0) is 25.0 Å². The third kappa shape index (κ3) is 3.81. The standard InChI is InChI=1S/C19H18F4N4S/c20-11-5-7-27(8-6-11)10-12-9-14-16(24)25-17(26-18(14)28-12)13-3-1-2-4-15(13)19(21,22)23/h1-4,9,11H,5-8,10H2,(H2,24,25,26). The maximum atomic E-state index is 13.3. The van der Waals surface area contributed by atoms with Gasteiger partial charge in [0.15, 0.2) is 5.82 Å². The minimum Gasteiger partial charge on any atom is -0.383 e. The van der Waals surface area contributed by atoms with Gasteiger partial charge in [-0.2, -0.15) is 13.2 Å². The molecule has 3 heterocycles. The third-order valence-corrected chi connectivity index (χ3v) is 5.86. The number of rotatable bonds is 3. The Kier molecular flexibility index (Phi) is 4.96. The second kappa shape index (κ2) is 7.29. The first-order valence-corrected chi connectivity index (χ1v) is 9.72. The number of nitrogens with two attached hydrogens (primary N) is 1. The van der Waals surface area contributed by atoms with Crippen LogP contribution in [0, 0.1) is 0 Å². The zero-order chi connectivity index (χ0) is 19.9. The molecule has 2 aromatic heterocycles. The first-order chi connectivity index (χ1) is 13.3. The molecule has 0 unspecified atom stereocenters. The lowest BCUT2D eigenvalue weighted by molar-refractivity contribution is -0.137. The summed E-state index contributed by atoms with van der Waals surface area (Å²) in [7, 11) is 0. The van der Waals surface area contributed by atoms with Crippen molar-refractivity contribution in [2.75, 3.05) is 18.8 Å². The van der Waals surface area contributed by atoms with Crippen LogP contribution >= 0.6 is 11.3 Å². The van der Waals surface area contributed by atoms with Crippen LogP contribution in [0.25, 0.3) is 21.6 Å². The molecule has 0 bridgehead atoms. The summed E-state index contributed by atoms with van der Waals surface area (Å²) in [5, 5.41) is 0.633. The number of hydrogen-bond acceptors (Lipinski definition) is 5. The van der Waals surface area contributed by atoms with E-state index < -0.39 is 17.9 Å². The van der Waals surface area contributed by atoms with Crippen molar-refractivity contribution in [3.63, 3.8) is 0 Å². The van der Waals surface area contributed by atoms with Crippen LogP contribution in [0.1, 0.15) is 23.3 Å². The summed E-state index contributed by atoms with van der Waals surface area (Å²) in [5.41, 5.74) is 5.14. The van der Waals surface area contributed by atoms with Crippen molar-refractivity contribution in [2.45, 2.75) is 31.7 Å². The number of benzene rings is 1. The number of piperidine rings is 1. The van der Waals surface area contributed by atoms with Crippen LogP contribution in [-0.2, 0) is 12.7 Å². The Hall–Kier alpha value is -2.26. The molecule has 3 aromatic rings. The van der Waals surface area contributed by atoms with Crippen molar-refractivity contribution >= 4 is 27.4 Å². The highest BCUT2D eigenvalue weighted by molar-refractivity contribution is 7.18. The van der Waals surface area contributed by atoms with Crippen LogP contribution < -0.4 is 5.73 Å². The van der Waals surface area contributed by atoms with Gasteiger partial charge < -0.3 is 5.73 Å². The molecule has 2 N–H and O–H groups in total. The molecule has 0 atom stereocenters. The Morgan fingerprint density at radius 3 is 2.57 bits per heavy atom. The van der Waals surface area contributed by atoms with Crippen LogP contribution in [-0.4, -0.2) is 34.1 Å². The minimum absolute atomic E-state index is 0.0374. The predicted molar refractivity (Wildman–Crippen MR) is 102 cm³/mol. The largest absolute Gasteiger partial charge is 0.417 e. The molecule has 0 amide bonds. The number of anilines is 1. The average molecular weight is 410 g/mol. The molecule has 4 nitrogen and oxygen atoms in total. The van der Waals surface area contributed by atoms with Crippen LogP contribution in [0.4, 0.5) is 23.4 Å². The number of likely N-dealkylation sites (tertiary alicyclic amines) is 1. The molecule has 1 aromatic carbocycles. The topological polar surface area (TPSA) is 55.0 Å². The molecule has 9 heteroatoms. The molecule has 28 heavy (non-hydrogen) atoms. The molecule has 1 saturated heterocycles. The smallest absolute Gasteiger partial charge is 0.383 e. The normalized spacial score (nSPS) is 16.7. The lowest BCUT2D eigenvalue weighted by atomic mass is 10.1. The van der Waals surface area contributed by atoms with Gasteiger partial charge in [0.1, 0.15) is 16.8 Å². The van der Waals surface area contributed by atoms with E-state index in [4.69, 9.17) is 5.73 Å². The molecule has 1 fully saturated rings. The highest BCUT2D eigenvalue weighted by Gasteiger charge is 2.34. The molecule has 148 valence electrons. The number of fused-ring (bicyclic) bond motifs is 1. The number of thiophene rings is 1. The number of hydrogen-bond donors (Lipinski definition) is 1. The molecular weight excluding hydrogens is 392 g/mol. The number of nitrogens with zero attached hydrogens (tertiary/aromatic N) is 3. The van der Waals surface area contributed by atoms with Crippen LogP contribution in [0.2, 0.25) is 0 Å². The maximum absolute atomic E-state index is 13.3. The average Bonchev–Trinajstić information content (AvgIpc) is 3.06. The lowest BCUT2D eigenvalue weighted by Crippen LogP contribution is -2.33. The Morgan fingerprint density at radius 2 is 1.86 bits per heavy atom. The summed E-state index contributed by atoms with van der Waals surface area (Å²) in [6, 6.07) is 7.07. The lowest BCUT2D eigenvalue weighted by Gasteiger charge is -2.27. The highest BCUT2D eigenvalue weighted by Crippen LogP contribution is 2.37. The molecule has 1 aliphatic rings. The fourth-order valence-corrected chi connectivity index (χ4v) is 4.47. The summed E-state index contributed by atoms with van der Waals surface area (Å²) in [4.78, 5) is 12.2. The molecule has 0 aliphatic carbocycles. The van der Waals surface area contributed by atoms with Gasteiger partial charge in [0.05, 0.1) is 10.9 Å². The summed E-state index contributed by atoms with van der Waals surface area (Å²) < 4.78 is 53.3. The van der Waals surface area contributed by atoms with Gasteiger partial charge in [-0.3, -0.25) is 4.90 Å². The monoisotopic (exact) mass is 410 g/mol. The second-order valence-corrected chi connectivity index (χ2v) is 7.97. The first-order valence-electron chi connectivity index (χ1n) is 8.90. The Bertz CT molecular complexity index is 993. The Labute approximate surface area is 163 Å². The van der Waals surface area contributed by atoms with Crippen LogP contribution in [0.3, 0.4) is 0 Å². The SMILES string of the molecule is Nc1nc(-c2ccccc2C(F)(F)F)nc2sc(CN3CCC(F)CC3)cc12. The van der Waals surface area contributed by atoms with Gasteiger partial charge in [0, 0.05) is 30.1 Å². The number of halogens is 4. The van der Waals surface area contributed by atoms with Crippen molar-refractivity contribution < 1.29 is 17.6 Å². The van der Waals surface area contributed by atoms with E-state index in [1.807, 2.05) is 6.07 Å². The van der Waals surface area contributed by atoms with E-state index >= 15 is 0 Å². The zero-order valence-electron chi connectivity index (χ0n) is 14.8. The maximum Gasteiger partial charge on any atom is 0.417 e. The molecular formula is C19H18F4N4S. The molecule has 1 aliphatic heterocycles. The van der Waals surface area contributed by atoms with E-state index in [1.54, 1.807) is 0 Å². The van der Waals surface area contributed by atoms with Crippen LogP contribution in [0.5, 0.6) is 0 Å². The van der Waals surface area contributed by atoms with Gasteiger partial charge in [-0.1, -0.05) is 18.2 Å². The van der Waals surface area contributed by atoms with E-state index in [9.17, 15) is 17.6 Å². The Balaban J connectivity index is 1.68. The highest BCUT2D eigenvalue weighted by atomic mass is 32.1. The quantitative estimate of drug-likeness (QED) is 0.625. The fourth-order valence-electron chi connectivity index (χ4n) is 3.40. The van der Waals surface area contributed by atoms with Crippen molar-refractivity contribution in [3.05, 3.63) is 40.8 Å². The third-order valence-electron chi connectivity index (χ3n) is 4.84. The second-order valence-electron chi connectivity index (χ2n) is 6.86.